The molecule has 0 saturated heterocycles. The van der Waals surface area contributed by atoms with Gasteiger partial charge in [0.25, 0.3) is 0 Å². The van der Waals surface area contributed by atoms with Gasteiger partial charge in [0, 0.05) is 13.1 Å². The van der Waals surface area contributed by atoms with E-state index in [1.165, 1.54) is 11.4 Å². The molecule has 0 unspecified atom stereocenters. The van der Waals surface area contributed by atoms with E-state index in [-0.39, 0.29) is 0 Å². The number of anilines is 1. The molecule has 0 saturated carbocycles. The Morgan fingerprint density at radius 3 is 3.29 bits per heavy atom. The van der Waals surface area contributed by atoms with E-state index in [1.807, 2.05) is 10.9 Å². The summed E-state index contributed by atoms with van der Waals surface area (Å²) in [6.45, 7) is 4.81. The van der Waals surface area contributed by atoms with Gasteiger partial charge in [0.15, 0.2) is 0 Å². The van der Waals surface area contributed by atoms with Crippen molar-refractivity contribution in [2.24, 2.45) is 0 Å². The highest BCUT2D eigenvalue weighted by Gasteiger charge is 2.20. The maximum Gasteiger partial charge on any atom is 0.146 e. The van der Waals surface area contributed by atoms with Gasteiger partial charge in [-0.1, -0.05) is 0 Å². The van der Waals surface area contributed by atoms with Gasteiger partial charge < -0.3 is 4.90 Å². The molecule has 0 spiro atoms. The third-order valence-electron chi connectivity index (χ3n) is 3.22. The van der Waals surface area contributed by atoms with Crippen molar-refractivity contribution >= 4 is 5.69 Å². The molecule has 0 aliphatic carbocycles. The van der Waals surface area contributed by atoms with Gasteiger partial charge in [-0.2, -0.15) is 10.2 Å². The normalized spacial score (nSPS) is 15.0. The van der Waals surface area contributed by atoms with Crippen LogP contribution < -0.4 is 4.90 Å². The molecule has 0 atom stereocenters. The van der Waals surface area contributed by atoms with E-state index >= 15 is 0 Å². The summed E-state index contributed by atoms with van der Waals surface area (Å²) in [6.07, 6.45) is 5.78. The molecule has 3 rings (SSSR count). The Balaban J connectivity index is 1.84. The zero-order valence-electron chi connectivity index (χ0n) is 9.93. The first-order chi connectivity index (χ1) is 8.38. The number of aromatic amines is 1. The summed E-state index contributed by atoms with van der Waals surface area (Å²) in [5.41, 5.74) is 2.45. The van der Waals surface area contributed by atoms with Gasteiger partial charge in [0.2, 0.25) is 0 Å². The average molecular weight is 232 g/mol. The Hall–Kier alpha value is -1.85. The highest BCUT2D eigenvalue weighted by molar-refractivity contribution is 5.50. The molecule has 1 aliphatic heterocycles. The van der Waals surface area contributed by atoms with Crippen LogP contribution in [0, 0.1) is 0 Å². The summed E-state index contributed by atoms with van der Waals surface area (Å²) in [5.74, 6) is 1.02. The van der Waals surface area contributed by atoms with Crippen molar-refractivity contribution in [1.29, 1.82) is 0 Å². The van der Waals surface area contributed by atoms with Crippen molar-refractivity contribution in [3.05, 3.63) is 24.0 Å². The quantitative estimate of drug-likeness (QED) is 0.856. The minimum atomic E-state index is 0.806. The van der Waals surface area contributed by atoms with Crippen LogP contribution in [0.5, 0.6) is 0 Å². The molecular weight excluding hydrogens is 216 g/mol. The Labute approximate surface area is 99.7 Å². The highest BCUT2D eigenvalue weighted by Crippen LogP contribution is 2.25. The fraction of sp³-hybridized carbons (Fsp3) is 0.545. The summed E-state index contributed by atoms with van der Waals surface area (Å²) in [6, 6.07) is 0. The van der Waals surface area contributed by atoms with Crippen LogP contribution in [0.1, 0.15) is 24.9 Å². The number of aryl methyl sites for hydroxylation is 2. The Morgan fingerprint density at radius 2 is 2.41 bits per heavy atom. The number of nitrogens with zero attached hydrogens (tertiary/aromatic N) is 5. The van der Waals surface area contributed by atoms with Crippen LogP contribution in [0.25, 0.3) is 0 Å². The molecule has 1 N–H and O–H groups in total. The molecule has 90 valence electrons. The summed E-state index contributed by atoms with van der Waals surface area (Å²) < 4.78 is 1.94. The van der Waals surface area contributed by atoms with E-state index in [1.54, 1.807) is 6.33 Å². The monoisotopic (exact) mass is 232 g/mol. The second-order valence-corrected chi connectivity index (χ2v) is 4.25. The first-order valence-electron chi connectivity index (χ1n) is 6.02. The topological polar surface area (TPSA) is 62.6 Å². The molecule has 0 aromatic carbocycles. The van der Waals surface area contributed by atoms with Crippen molar-refractivity contribution in [3.8, 4) is 0 Å². The van der Waals surface area contributed by atoms with Gasteiger partial charge in [-0.05, 0) is 19.8 Å². The van der Waals surface area contributed by atoms with E-state index in [2.05, 4.69) is 32.1 Å². The Morgan fingerprint density at radius 1 is 1.47 bits per heavy atom. The van der Waals surface area contributed by atoms with Crippen LogP contribution in [0.2, 0.25) is 0 Å². The van der Waals surface area contributed by atoms with E-state index in [0.717, 1.165) is 38.3 Å². The van der Waals surface area contributed by atoms with Crippen molar-refractivity contribution < 1.29 is 0 Å². The van der Waals surface area contributed by atoms with Crippen molar-refractivity contribution in [3.63, 3.8) is 0 Å². The maximum atomic E-state index is 4.32. The van der Waals surface area contributed by atoms with Crippen LogP contribution in [0.15, 0.2) is 12.5 Å². The molecule has 1 aliphatic rings. The summed E-state index contributed by atoms with van der Waals surface area (Å²) in [4.78, 5) is 6.64. The fourth-order valence-corrected chi connectivity index (χ4v) is 2.34. The number of rotatable bonds is 3. The molecule has 2 aromatic heterocycles. The standard InChI is InChI=1S/C11H16N6/c1-2-17-11(12-8-14-17)7-16-5-3-4-9-10(16)6-13-15-9/h6,8H,2-5,7H2,1H3,(H,13,15). The lowest BCUT2D eigenvalue weighted by Gasteiger charge is -2.27. The van der Waals surface area contributed by atoms with Crippen LogP contribution in [0.4, 0.5) is 5.69 Å². The SMILES string of the molecule is CCn1ncnc1CN1CCCc2[nH]ncc21. The van der Waals surface area contributed by atoms with Crippen LogP contribution in [-0.2, 0) is 19.5 Å². The molecule has 17 heavy (non-hydrogen) atoms. The number of hydrogen-bond acceptors (Lipinski definition) is 4. The average Bonchev–Trinajstić information content (AvgIpc) is 2.97. The number of hydrogen-bond donors (Lipinski definition) is 1. The van der Waals surface area contributed by atoms with E-state index in [4.69, 9.17) is 0 Å². The molecular formula is C11H16N6. The van der Waals surface area contributed by atoms with Crippen molar-refractivity contribution in [2.45, 2.75) is 32.9 Å². The fourth-order valence-electron chi connectivity index (χ4n) is 2.34. The Kier molecular flexibility index (Phi) is 2.55. The van der Waals surface area contributed by atoms with Gasteiger partial charge in [-0.15, -0.1) is 0 Å². The second kappa shape index (κ2) is 4.20. The van der Waals surface area contributed by atoms with Gasteiger partial charge in [0.05, 0.1) is 24.1 Å². The molecule has 0 fully saturated rings. The second-order valence-electron chi connectivity index (χ2n) is 4.25. The molecule has 2 aromatic rings. The molecule has 0 radical (unpaired) electrons. The molecule has 6 nitrogen and oxygen atoms in total. The van der Waals surface area contributed by atoms with Crippen molar-refractivity contribution in [2.75, 3.05) is 11.4 Å². The number of fused-ring (bicyclic) bond motifs is 1. The lowest BCUT2D eigenvalue weighted by atomic mass is 10.1. The van der Waals surface area contributed by atoms with Crippen LogP contribution >= 0.6 is 0 Å². The van der Waals surface area contributed by atoms with Gasteiger partial charge in [-0.25, -0.2) is 9.67 Å². The number of nitrogens with one attached hydrogen (secondary N) is 1. The van der Waals surface area contributed by atoms with Crippen molar-refractivity contribution in [1.82, 2.24) is 25.0 Å². The number of aromatic nitrogens is 5. The molecule has 0 bridgehead atoms. The predicted molar refractivity (Wildman–Crippen MR) is 63.7 cm³/mol. The van der Waals surface area contributed by atoms with Crippen LogP contribution in [-0.4, -0.2) is 31.5 Å². The molecule has 3 heterocycles. The van der Waals surface area contributed by atoms with Gasteiger partial charge in [-0.3, -0.25) is 5.10 Å². The van der Waals surface area contributed by atoms with E-state index in [0.29, 0.717) is 0 Å². The lowest BCUT2D eigenvalue weighted by Crippen LogP contribution is -2.29. The largest absolute Gasteiger partial charge is 0.361 e. The van der Waals surface area contributed by atoms with E-state index < -0.39 is 0 Å². The zero-order valence-corrected chi connectivity index (χ0v) is 9.93. The summed E-state index contributed by atoms with van der Waals surface area (Å²) in [7, 11) is 0. The Bertz CT molecular complexity index is 500. The first kappa shape index (κ1) is 10.3. The molecule has 0 amide bonds. The predicted octanol–water partition coefficient (Wildman–Crippen LogP) is 0.974. The third kappa shape index (κ3) is 1.79. The van der Waals surface area contributed by atoms with Gasteiger partial charge in [0.1, 0.15) is 12.2 Å². The van der Waals surface area contributed by atoms with Gasteiger partial charge >= 0.3 is 0 Å². The minimum Gasteiger partial charge on any atom is -0.361 e. The third-order valence-corrected chi connectivity index (χ3v) is 3.22. The van der Waals surface area contributed by atoms with E-state index in [9.17, 15) is 0 Å². The van der Waals surface area contributed by atoms with Crippen LogP contribution in [0.3, 0.4) is 0 Å². The number of H-pyrrole nitrogens is 1. The highest BCUT2D eigenvalue weighted by atomic mass is 15.3. The smallest absolute Gasteiger partial charge is 0.146 e. The first-order valence-corrected chi connectivity index (χ1v) is 6.02. The summed E-state index contributed by atoms with van der Waals surface area (Å²) in [5, 5.41) is 11.4. The minimum absolute atomic E-state index is 0.806. The summed E-state index contributed by atoms with van der Waals surface area (Å²) >= 11 is 0. The lowest BCUT2D eigenvalue weighted by molar-refractivity contribution is 0.588. The molecule has 6 heteroatoms. The maximum absolute atomic E-state index is 4.32. The zero-order chi connectivity index (χ0) is 11.7.